The third-order valence-corrected chi connectivity index (χ3v) is 3.98. The van der Waals surface area contributed by atoms with E-state index >= 15 is 0 Å². The van der Waals surface area contributed by atoms with Gasteiger partial charge in [-0.1, -0.05) is 15.9 Å². The Labute approximate surface area is 99.8 Å². The number of aryl methyl sites for hydroxylation is 1. The third-order valence-electron chi connectivity index (χ3n) is 3.07. The van der Waals surface area contributed by atoms with Gasteiger partial charge in [0.05, 0.1) is 0 Å². The van der Waals surface area contributed by atoms with Gasteiger partial charge in [-0.15, -0.1) is 0 Å². The molecule has 0 aliphatic carbocycles. The molecule has 82 valence electrons. The molecule has 1 aliphatic heterocycles. The third kappa shape index (κ3) is 2.51. The van der Waals surface area contributed by atoms with Crippen LogP contribution in [-0.2, 0) is 0 Å². The van der Waals surface area contributed by atoms with Gasteiger partial charge >= 0.3 is 0 Å². The van der Waals surface area contributed by atoms with Gasteiger partial charge < -0.3 is 4.90 Å². The summed E-state index contributed by atoms with van der Waals surface area (Å²) in [5.41, 5.74) is 2.64. The molecule has 1 aliphatic rings. The summed E-state index contributed by atoms with van der Waals surface area (Å²) in [6.45, 7) is 4.50. The quantitative estimate of drug-likeness (QED) is 0.767. The summed E-state index contributed by atoms with van der Waals surface area (Å²) >= 11 is 3.59. The van der Waals surface area contributed by atoms with Crippen molar-refractivity contribution in [3.8, 4) is 0 Å². The summed E-state index contributed by atoms with van der Waals surface area (Å²) in [5, 5.41) is 1.12. The lowest BCUT2D eigenvalue weighted by Crippen LogP contribution is -2.36. The number of anilines is 1. The van der Waals surface area contributed by atoms with Crippen LogP contribution in [0.2, 0.25) is 0 Å². The van der Waals surface area contributed by atoms with E-state index < -0.39 is 0 Å². The van der Waals surface area contributed by atoms with E-state index in [2.05, 4.69) is 38.8 Å². The first-order valence-corrected chi connectivity index (χ1v) is 6.65. The number of piperidine rings is 1. The van der Waals surface area contributed by atoms with Crippen LogP contribution in [0.25, 0.3) is 0 Å². The molecule has 0 spiro atoms. The number of halogens is 1. The van der Waals surface area contributed by atoms with Gasteiger partial charge in [-0.25, -0.2) is 0 Å². The van der Waals surface area contributed by atoms with Crippen LogP contribution in [0.5, 0.6) is 0 Å². The molecule has 2 nitrogen and oxygen atoms in total. The zero-order valence-electron chi connectivity index (χ0n) is 9.12. The minimum absolute atomic E-state index is 0.798. The van der Waals surface area contributed by atoms with Crippen LogP contribution in [0.4, 0.5) is 5.69 Å². The molecule has 2 heterocycles. The molecule has 0 N–H and O–H groups in total. The second-order valence-corrected chi connectivity index (χ2v) is 4.92. The Morgan fingerprint density at radius 1 is 1.60 bits per heavy atom. The van der Waals surface area contributed by atoms with E-state index in [0.29, 0.717) is 0 Å². The second-order valence-electron chi connectivity index (χ2n) is 4.27. The maximum absolute atomic E-state index is 4.14. The van der Waals surface area contributed by atoms with Crippen LogP contribution in [0.15, 0.2) is 18.5 Å². The van der Waals surface area contributed by atoms with Crippen LogP contribution in [0.3, 0.4) is 0 Å². The van der Waals surface area contributed by atoms with Crippen molar-refractivity contribution in [1.82, 2.24) is 4.98 Å². The first kappa shape index (κ1) is 10.9. The first-order chi connectivity index (χ1) is 7.31. The predicted octanol–water partition coefficient (Wildman–Crippen LogP) is 3.00. The fraction of sp³-hybridized carbons (Fsp3) is 0.583. The highest BCUT2D eigenvalue weighted by Crippen LogP contribution is 2.25. The lowest BCUT2D eigenvalue weighted by molar-refractivity contribution is 0.454. The number of hydrogen-bond donors (Lipinski definition) is 0. The molecule has 15 heavy (non-hydrogen) atoms. The molecule has 2 rings (SSSR count). The predicted molar refractivity (Wildman–Crippen MR) is 67.7 cm³/mol. The van der Waals surface area contributed by atoms with Gasteiger partial charge in [0.1, 0.15) is 0 Å². The van der Waals surface area contributed by atoms with E-state index in [0.717, 1.165) is 11.2 Å². The van der Waals surface area contributed by atoms with Crippen molar-refractivity contribution in [3.63, 3.8) is 0 Å². The van der Waals surface area contributed by atoms with Gasteiger partial charge in [-0.2, -0.15) is 0 Å². The van der Waals surface area contributed by atoms with Crippen molar-refractivity contribution in [2.45, 2.75) is 19.8 Å². The molecular formula is C12H17BrN2. The molecule has 1 saturated heterocycles. The summed E-state index contributed by atoms with van der Waals surface area (Å²) in [5.74, 6) is 0.798. The average molecular weight is 269 g/mol. The lowest BCUT2D eigenvalue weighted by atomic mass is 9.99. The van der Waals surface area contributed by atoms with Gasteiger partial charge in [0.25, 0.3) is 0 Å². The highest BCUT2D eigenvalue weighted by atomic mass is 79.9. The fourth-order valence-corrected chi connectivity index (χ4v) is 2.76. The number of nitrogens with zero attached hydrogens (tertiary/aromatic N) is 2. The Kier molecular flexibility index (Phi) is 3.62. The van der Waals surface area contributed by atoms with Gasteiger partial charge in [-0.3, -0.25) is 4.98 Å². The van der Waals surface area contributed by atoms with E-state index in [4.69, 9.17) is 0 Å². The van der Waals surface area contributed by atoms with E-state index in [1.54, 1.807) is 0 Å². The summed E-state index contributed by atoms with van der Waals surface area (Å²) in [6.07, 6.45) is 6.50. The average Bonchev–Trinajstić information content (AvgIpc) is 2.30. The number of alkyl halides is 1. The van der Waals surface area contributed by atoms with Crippen LogP contribution in [0, 0.1) is 12.8 Å². The van der Waals surface area contributed by atoms with Crippen molar-refractivity contribution in [3.05, 3.63) is 24.0 Å². The van der Waals surface area contributed by atoms with Crippen LogP contribution < -0.4 is 4.90 Å². The summed E-state index contributed by atoms with van der Waals surface area (Å²) in [7, 11) is 0. The molecule has 3 heteroatoms. The Bertz CT molecular complexity index is 327. The maximum Gasteiger partial charge on any atom is 0.0426 e. The molecule has 0 aromatic carbocycles. The molecule has 1 aromatic rings. The standard InChI is InChI=1S/C12H17BrN2/c1-10-8-14-5-4-12(10)15-6-2-3-11(7-13)9-15/h4-5,8,11H,2-3,6-7,9H2,1H3. The number of aromatic nitrogens is 1. The monoisotopic (exact) mass is 268 g/mol. The smallest absolute Gasteiger partial charge is 0.0426 e. The van der Waals surface area contributed by atoms with E-state index in [-0.39, 0.29) is 0 Å². The van der Waals surface area contributed by atoms with Gasteiger partial charge in [-0.05, 0) is 37.3 Å². The molecule has 1 atom stereocenters. The van der Waals surface area contributed by atoms with Crippen molar-refractivity contribution in [1.29, 1.82) is 0 Å². The Morgan fingerprint density at radius 3 is 3.20 bits per heavy atom. The summed E-state index contributed by atoms with van der Waals surface area (Å²) in [4.78, 5) is 6.64. The number of rotatable bonds is 2. The zero-order valence-corrected chi connectivity index (χ0v) is 10.7. The van der Waals surface area contributed by atoms with Gasteiger partial charge in [0.15, 0.2) is 0 Å². The van der Waals surface area contributed by atoms with Gasteiger partial charge in [0.2, 0.25) is 0 Å². The molecular weight excluding hydrogens is 252 g/mol. The van der Waals surface area contributed by atoms with Crippen molar-refractivity contribution >= 4 is 21.6 Å². The molecule has 0 radical (unpaired) electrons. The topological polar surface area (TPSA) is 16.1 Å². The molecule has 0 amide bonds. The largest absolute Gasteiger partial charge is 0.371 e. The van der Waals surface area contributed by atoms with E-state index in [1.807, 2.05) is 12.4 Å². The van der Waals surface area contributed by atoms with Crippen molar-refractivity contribution in [2.75, 3.05) is 23.3 Å². The maximum atomic E-state index is 4.14. The summed E-state index contributed by atoms with van der Waals surface area (Å²) in [6, 6.07) is 2.13. The minimum Gasteiger partial charge on any atom is -0.371 e. The van der Waals surface area contributed by atoms with Crippen LogP contribution >= 0.6 is 15.9 Å². The highest BCUT2D eigenvalue weighted by molar-refractivity contribution is 9.09. The zero-order chi connectivity index (χ0) is 10.7. The lowest BCUT2D eigenvalue weighted by Gasteiger charge is -2.34. The first-order valence-electron chi connectivity index (χ1n) is 5.53. The molecule has 0 saturated carbocycles. The SMILES string of the molecule is Cc1cnccc1N1CCCC(CBr)C1. The van der Waals surface area contributed by atoms with Crippen molar-refractivity contribution < 1.29 is 0 Å². The second kappa shape index (κ2) is 4.97. The number of pyridine rings is 1. The Morgan fingerprint density at radius 2 is 2.47 bits per heavy atom. The van der Waals surface area contributed by atoms with Crippen molar-refractivity contribution in [2.24, 2.45) is 5.92 Å². The van der Waals surface area contributed by atoms with E-state index in [1.165, 1.54) is 37.2 Å². The Hall–Kier alpha value is -0.570. The fourth-order valence-electron chi connectivity index (χ4n) is 2.23. The van der Waals surface area contributed by atoms with E-state index in [9.17, 15) is 0 Å². The molecule has 0 bridgehead atoms. The van der Waals surface area contributed by atoms with Crippen LogP contribution in [0.1, 0.15) is 18.4 Å². The summed E-state index contributed by atoms with van der Waals surface area (Å²) < 4.78 is 0. The van der Waals surface area contributed by atoms with Crippen LogP contribution in [-0.4, -0.2) is 23.4 Å². The normalized spacial score (nSPS) is 21.7. The highest BCUT2D eigenvalue weighted by Gasteiger charge is 2.19. The molecule has 1 unspecified atom stereocenters. The Balaban J connectivity index is 2.13. The molecule has 1 fully saturated rings. The minimum atomic E-state index is 0.798. The molecule has 1 aromatic heterocycles. The number of hydrogen-bond acceptors (Lipinski definition) is 2. The van der Waals surface area contributed by atoms with Gasteiger partial charge in [0, 0.05) is 36.5 Å².